The van der Waals surface area contributed by atoms with Crippen molar-refractivity contribution in [2.75, 3.05) is 7.11 Å². The van der Waals surface area contributed by atoms with Crippen LogP contribution in [0.15, 0.2) is 18.2 Å². The Morgan fingerprint density at radius 2 is 1.95 bits per heavy atom. The molecule has 0 aliphatic rings. The maximum atomic E-state index is 12.8. The molecule has 19 heavy (non-hydrogen) atoms. The summed E-state index contributed by atoms with van der Waals surface area (Å²) in [4.78, 5) is 0. The van der Waals surface area contributed by atoms with Crippen molar-refractivity contribution in [1.82, 2.24) is 0 Å². The normalized spacial score (nSPS) is 14.9. The molecule has 1 aromatic carbocycles. The molecule has 0 saturated carbocycles. The minimum Gasteiger partial charge on any atom is -0.493 e. The van der Waals surface area contributed by atoms with E-state index in [4.69, 9.17) is 20.3 Å². The molecule has 0 fully saturated rings. The lowest BCUT2D eigenvalue weighted by Crippen LogP contribution is -2.47. The maximum absolute atomic E-state index is 12.8. The number of alkyl halides is 3. The first-order valence-electron chi connectivity index (χ1n) is 5.56. The van der Waals surface area contributed by atoms with Crippen LogP contribution in [-0.2, 0) is 6.61 Å². The summed E-state index contributed by atoms with van der Waals surface area (Å²) >= 11 is 0. The highest BCUT2D eigenvalue weighted by Gasteiger charge is 2.44. The molecule has 7 heteroatoms. The standard InChI is InChI=1S/C12H16F3NO3/c1-7(16)11(12(13,14)15)19-9-4-3-8(6-17)5-10(9)18-2/h3-5,7,11,17H,6,16H2,1-2H3. The third-order valence-corrected chi connectivity index (χ3v) is 2.46. The van der Waals surface area contributed by atoms with Crippen LogP contribution in [-0.4, -0.2) is 30.5 Å². The maximum Gasteiger partial charge on any atom is 0.426 e. The van der Waals surface area contributed by atoms with Gasteiger partial charge in [0.1, 0.15) is 0 Å². The zero-order valence-electron chi connectivity index (χ0n) is 10.6. The van der Waals surface area contributed by atoms with Crippen molar-refractivity contribution in [2.24, 2.45) is 5.73 Å². The fourth-order valence-corrected chi connectivity index (χ4v) is 1.52. The molecule has 108 valence electrons. The molecule has 0 aromatic heterocycles. The minimum atomic E-state index is -4.57. The third-order valence-electron chi connectivity index (χ3n) is 2.46. The number of aliphatic hydroxyl groups is 1. The van der Waals surface area contributed by atoms with Gasteiger partial charge in [0, 0.05) is 6.04 Å². The van der Waals surface area contributed by atoms with E-state index < -0.39 is 18.3 Å². The van der Waals surface area contributed by atoms with Gasteiger partial charge in [-0.1, -0.05) is 6.07 Å². The van der Waals surface area contributed by atoms with E-state index in [1.807, 2.05) is 0 Å². The van der Waals surface area contributed by atoms with Gasteiger partial charge in [-0.15, -0.1) is 0 Å². The van der Waals surface area contributed by atoms with Gasteiger partial charge < -0.3 is 20.3 Å². The van der Waals surface area contributed by atoms with E-state index in [2.05, 4.69) is 0 Å². The van der Waals surface area contributed by atoms with Crippen LogP contribution in [0.25, 0.3) is 0 Å². The lowest BCUT2D eigenvalue weighted by atomic mass is 10.1. The van der Waals surface area contributed by atoms with Gasteiger partial charge in [0.2, 0.25) is 6.10 Å². The molecule has 2 unspecified atom stereocenters. The van der Waals surface area contributed by atoms with Gasteiger partial charge in [-0.3, -0.25) is 0 Å². The molecule has 3 N–H and O–H groups in total. The van der Waals surface area contributed by atoms with E-state index >= 15 is 0 Å². The van der Waals surface area contributed by atoms with E-state index in [1.54, 1.807) is 0 Å². The number of benzene rings is 1. The molecule has 1 rings (SSSR count). The van der Waals surface area contributed by atoms with Gasteiger partial charge in [-0.05, 0) is 24.6 Å². The first kappa shape index (κ1) is 15.6. The number of hydrogen-bond donors (Lipinski definition) is 2. The zero-order valence-corrected chi connectivity index (χ0v) is 10.6. The zero-order chi connectivity index (χ0) is 14.6. The first-order valence-corrected chi connectivity index (χ1v) is 5.56. The van der Waals surface area contributed by atoms with Crippen LogP contribution in [0.3, 0.4) is 0 Å². The van der Waals surface area contributed by atoms with E-state index in [0.29, 0.717) is 5.56 Å². The second-order valence-corrected chi connectivity index (χ2v) is 4.08. The fraction of sp³-hybridized carbons (Fsp3) is 0.500. The van der Waals surface area contributed by atoms with E-state index in [1.165, 1.54) is 32.2 Å². The molecule has 0 radical (unpaired) electrons. The van der Waals surface area contributed by atoms with E-state index in [9.17, 15) is 13.2 Å². The molecular weight excluding hydrogens is 263 g/mol. The summed E-state index contributed by atoms with van der Waals surface area (Å²) in [5.41, 5.74) is 5.80. The quantitative estimate of drug-likeness (QED) is 0.863. The van der Waals surface area contributed by atoms with Gasteiger partial charge in [0.05, 0.1) is 13.7 Å². The Morgan fingerprint density at radius 1 is 1.32 bits per heavy atom. The molecule has 0 aliphatic carbocycles. The molecule has 2 atom stereocenters. The van der Waals surface area contributed by atoms with Crippen molar-refractivity contribution in [3.8, 4) is 11.5 Å². The van der Waals surface area contributed by atoms with Gasteiger partial charge in [0.25, 0.3) is 0 Å². The Balaban J connectivity index is 3.03. The van der Waals surface area contributed by atoms with Gasteiger partial charge in [-0.2, -0.15) is 13.2 Å². The van der Waals surface area contributed by atoms with Crippen LogP contribution in [0, 0.1) is 0 Å². The van der Waals surface area contributed by atoms with Crippen LogP contribution in [0.2, 0.25) is 0 Å². The highest BCUT2D eigenvalue weighted by molar-refractivity contribution is 5.43. The molecule has 0 spiro atoms. The predicted molar refractivity (Wildman–Crippen MR) is 63.0 cm³/mol. The summed E-state index contributed by atoms with van der Waals surface area (Å²) in [6.07, 6.45) is -6.70. The van der Waals surface area contributed by atoms with Crippen molar-refractivity contribution < 1.29 is 27.8 Å². The van der Waals surface area contributed by atoms with Crippen molar-refractivity contribution in [1.29, 1.82) is 0 Å². The minimum absolute atomic E-state index is 0.0701. The molecule has 0 aliphatic heterocycles. The molecule has 4 nitrogen and oxygen atoms in total. The number of halogens is 3. The van der Waals surface area contributed by atoms with Crippen molar-refractivity contribution >= 4 is 0 Å². The summed E-state index contributed by atoms with van der Waals surface area (Å²) < 4.78 is 48.1. The first-order chi connectivity index (χ1) is 8.79. The van der Waals surface area contributed by atoms with Crippen molar-refractivity contribution in [3.63, 3.8) is 0 Å². The van der Waals surface area contributed by atoms with Crippen LogP contribution >= 0.6 is 0 Å². The van der Waals surface area contributed by atoms with Crippen molar-refractivity contribution in [3.05, 3.63) is 23.8 Å². The number of hydrogen-bond acceptors (Lipinski definition) is 4. The third kappa shape index (κ3) is 4.00. The topological polar surface area (TPSA) is 64.7 Å². The summed E-state index contributed by atoms with van der Waals surface area (Å²) in [6.45, 7) is 0.972. The highest BCUT2D eigenvalue weighted by atomic mass is 19.4. The number of rotatable bonds is 5. The largest absolute Gasteiger partial charge is 0.493 e. The summed E-state index contributed by atoms with van der Waals surface area (Å²) in [5.74, 6) is 0.0424. The Kier molecular flexibility index (Phi) is 5.02. The molecule has 0 amide bonds. The van der Waals surface area contributed by atoms with E-state index in [0.717, 1.165) is 0 Å². The lowest BCUT2D eigenvalue weighted by Gasteiger charge is -2.25. The average Bonchev–Trinajstić information content (AvgIpc) is 2.33. The van der Waals surface area contributed by atoms with Crippen LogP contribution < -0.4 is 15.2 Å². The van der Waals surface area contributed by atoms with Crippen molar-refractivity contribution in [2.45, 2.75) is 31.9 Å². The van der Waals surface area contributed by atoms with Crippen LogP contribution in [0.1, 0.15) is 12.5 Å². The number of nitrogens with two attached hydrogens (primary N) is 1. The Bertz CT molecular complexity index is 421. The van der Waals surface area contributed by atoms with Crippen LogP contribution in [0.5, 0.6) is 11.5 Å². The lowest BCUT2D eigenvalue weighted by molar-refractivity contribution is -0.199. The van der Waals surface area contributed by atoms with Crippen LogP contribution in [0.4, 0.5) is 13.2 Å². The predicted octanol–water partition coefficient (Wildman–Crippen LogP) is 1.84. The second kappa shape index (κ2) is 6.12. The monoisotopic (exact) mass is 279 g/mol. The summed E-state index contributed by atoms with van der Waals surface area (Å²) in [5, 5.41) is 8.95. The number of ether oxygens (including phenoxy) is 2. The average molecular weight is 279 g/mol. The number of aliphatic hydroxyl groups excluding tert-OH is 1. The molecule has 0 bridgehead atoms. The van der Waals surface area contributed by atoms with Gasteiger partial charge in [-0.25, -0.2) is 0 Å². The molecule has 1 aromatic rings. The smallest absolute Gasteiger partial charge is 0.426 e. The molecule has 0 saturated heterocycles. The van der Waals surface area contributed by atoms with E-state index in [-0.39, 0.29) is 18.1 Å². The SMILES string of the molecule is COc1cc(CO)ccc1OC(C(C)N)C(F)(F)F. The Labute approximate surface area is 108 Å². The molecular formula is C12H16F3NO3. The van der Waals surface area contributed by atoms with Gasteiger partial charge in [0.15, 0.2) is 11.5 Å². The van der Waals surface area contributed by atoms with Gasteiger partial charge >= 0.3 is 6.18 Å². The summed E-state index contributed by atoms with van der Waals surface area (Å²) in [6, 6.07) is 2.95. The Morgan fingerprint density at radius 3 is 2.37 bits per heavy atom. The summed E-state index contributed by atoms with van der Waals surface area (Å²) in [7, 11) is 1.30. The highest BCUT2D eigenvalue weighted by Crippen LogP contribution is 2.33. The molecule has 0 heterocycles. The Hall–Kier alpha value is -1.47. The number of methoxy groups -OCH3 is 1. The fourth-order valence-electron chi connectivity index (χ4n) is 1.52. The second-order valence-electron chi connectivity index (χ2n) is 4.08.